The predicted molar refractivity (Wildman–Crippen MR) is 86.3 cm³/mol. The van der Waals surface area contributed by atoms with E-state index in [1.165, 1.54) is 0 Å². The Hall–Kier alpha value is -2.70. The Kier molecular flexibility index (Phi) is 4.59. The van der Waals surface area contributed by atoms with Crippen LogP contribution < -0.4 is 0 Å². The second-order valence-electron chi connectivity index (χ2n) is 5.59. The van der Waals surface area contributed by atoms with Gasteiger partial charge in [-0.05, 0) is 26.0 Å². The van der Waals surface area contributed by atoms with E-state index in [2.05, 4.69) is 9.97 Å². The molecular weight excluding hydrogens is 308 g/mol. The average molecular weight is 328 g/mol. The summed E-state index contributed by atoms with van der Waals surface area (Å²) < 4.78 is 7.16. The molecule has 1 aliphatic heterocycles. The Balaban J connectivity index is 1.93. The highest BCUT2D eigenvalue weighted by atomic mass is 16.5. The molecule has 126 valence electrons. The molecule has 1 atom stereocenters. The summed E-state index contributed by atoms with van der Waals surface area (Å²) in [7, 11) is 0. The molecule has 1 aliphatic rings. The van der Waals surface area contributed by atoms with Crippen LogP contribution in [0.1, 0.15) is 41.5 Å². The van der Waals surface area contributed by atoms with Crippen LogP contribution in [0.4, 0.5) is 0 Å². The number of aryl methyl sites for hydroxylation is 1. The van der Waals surface area contributed by atoms with Crippen LogP contribution in [-0.4, -0.2) is 44.5 Å². The van der Waals surface area contributed by atoms with Crippen molar-refractivity contribution in [2.45, 2.75) is 32.9 Å². The van der Waals surface area contributed by atoms with Crippen LogP contribution in [0.25, 0.3) is 0 Å². The average Bonchev–Trinajstić information content (AvgIpc) is 3.04. The molecule has 0 N–H and O–H groups in total. The molecule has 0 aromatic carbocycles. The summed E-state index contributed by atoms with van der Waals surface area (Å²) in [4.78, 5) is 35.1. The van der Waals surface area contributed by atoms with Crippen molar-refractivity contribution in [3.8, 4) is 0 Å². The first kappa shape index (κ1) is 16.2. The lowest BCUT2D eigenvalue weighted by Crippen LogP contribution is -2.41. The molecule has 2 aromatic heterocycles. The molecule has 0 aliphatic carbocycles. The van der Waals surface area contributed by atoms with Crippen molar-refractivity contribution in [2.24, 2.45) is 0 Å². The van der Waals surface area contributed by atoms with Gasteiger partial charge in [0.15, 0.2) is 0 Å². The second-order valence-corrected chi connectivity index (χ2v) is 5.59. The van der Waals surface area contributed by atoms with Gasteiger partial charge >= 0.3 is 5.97 Å². The summed E-state index contributed by atoms with van der Waals surface area (Å²) in [6.45, 7) is 5.48. The van der Waals surface area contributed by atoms with Crippen LogP contribution in [0.2, 0.25) is 0 Å². The molecule has 1 amide bonds. The number of ether oxygens (including phenoxy) is 1. The number of carbonyl (C=O) groups is 2. The first-order valence-corrected chi connectivity index (χ1v) is 8.05. The van der Waals surface area contributed by atoms with Gasteiger partial charge in [-0.25, -0.2) is 4.98 Å². The Morgan fingerprint density at radius 2 is 2.04 bits per heavy atom. The molecule has 0 bridgehead atoms. The maximum Gasteiger partial charge on any atom is 0.316 e. The topological polar surface area (TPSA) is 77.3 Å². The van der Waals surface area contributed by atoms with Crippen LogP contribution in [0.5, 0.6) is 0 Å². The minimum absolute atomic E-state index is 0.136. The zero-order chi connectivity index (χ0) is 17.1. The minimum atomic E-state index is -0.512. The van der Waals surface area contributed by atoms with Crippen LogP contribution in [0, 0.1) is 0 Å². The largest absolute Gasteiger partial charge is 0.465 e. The normalized spacial score (nSPS) is 16.6. The number of esters is 1. The van der Waals surface area contributed by atoms with Gasteiger partial charge in [0.1, 0.15) is 5.92 Å². The van der Waals surface area contributed by atoms with Crippen molar-refractivity contribution in [3.05, 3.63) is 47.8 Å². The lowest BCUT2D eigenvalue weighted by molar-refractivity contribution is -0.145. The summed E-state index contributed by atoms with van der Waals surface area (Å²) in [5, 5.41) is 0. The predicted octanol–water partition coefficient (Wildman–Crippen LogP) is 1.60. The van der Waals surface area contributed by atoms with E-state index in [0.717, 1.165) is 17.9 Å². The summed E-state index contributed by atoms with van der Waals surface area (Å²) in [6, 6.07) is 3.34. The molecule has 0 fully saturated rings. The van der Waals surface area contributed by atoms with Crippen molar-refractivity contribution in [1.82, 2.24) is 19.4 Å². The van der Waals surface area contributed by atoms with Gasteiger partial charge < -0.3 is 14.2 Å². The third-order valence-electron chi connectivity index (χ3n) is 4.16. The first-order chi connectivity index (χ1) is 11.7. The summed E-state index contributed by atoms with van der Waals surface area (Å²) in [5.41, 5.74) is 2.16. The first-order valence-electron chi connectivity index (χ1n) is 8.05. The van der Waals surface area contributed by atoms with E-state index in [-0.39, 0.29) is 11.9 Å². The molecule has 2 aromatic rings. The molecule has 7 heteroatoms. The minimum Gasteiger partial charge on any atom is -0.465 e. The molecular formula is C17H20N4O3. The quantitative estimate of drug-likeness (QED) is 0.797. The number of nitrogens with zero attached hydrogens (tertiary/aromatic N) is 4. The fourth-order valence-electron chi connectivity index (χ4n) is 3.02. The number of imidazole rings is 1. The SMILES string of the molecule is CCOC(=O)[C@H]1CN(C(=O)c2ccncc2)Cc2ncn(CC)c21. The van der Waals surface area contributed by atoms with E-state index < -0.39 is 5.92 Å². The Morgan fingerprint density at radius 3 is 2.71 bits per heavy atom. The molecule has 0 saturated carbocycles. The highest BCUT2D eigenvalue weighted by molar-refractivity contribution is 5.94. The van der Waals surface area contributed by atoms with Crippen LogP contribution in [0.15, 0.2) is 30.9 Å². The summed E-state index contributed by atoms with van der Waals surface area (Å²) >= 11 is 0. The Labute approximate surface area is 140 Å². The van der Waals surface area contributed by atoms with E-state index in [1.807, 2.05) is 11.5 Å². The van der Waals surface area contributed by atoms with E-state index in [0.29, 0.717) is 25.3 Å². The van der Waals surface area contributed by atoms with Crippen LogP contribution in [-0.2, 0) is 22.6 Å². The standard InChI is InChI=1S/C17H20N4O3/c1-3-20-11-19-14-10-21(16(22)12-5-7-18-8-6-12)9-13(15(14)20)17(23)24-4-2/h5-8,11,13H,3-4,9-10H2,1-2H3/t13-/m0/s1. The van der Waals surface area contributed by atoms with E-state index in [4.69, 9.17) is 4.74 Å². The van der Waals surface area contributed by atoms with Crippen molar-refractivity contribution >= 4 is 11.9 Å². The molecule has 7 nitrogen and oxygen atoms in total. The van der Waals surface area contributed by atoms with Crippen LogP contribution >= 0.6 is 0 Å². The third kappa shape index (κ3) is 2.89. The number of carbonyl (C=O) groups excluding carboxylic acids is 2. The van der Waals surface area contributed by atoms with Gasteiger partial charge in [0, 0.05) is 31.0 Å². The molecule has 0 radical (unpaired) electrons. The van der Waals surface area contributed by atoms with E-state index >= 15 is 0 Å². The van der Waals surface area contributed by atoms with Crippen LogP contribution in [0.3, 0.4) is 0 Å². The van der Waals surface area contributed by atoms with E-state index in [1.54, 1.807) is 42.7 Å². The fourth-order valence-corrected chi connectivity index (χ4v) is 3.02. The number of rotatable bonds is 4. The Morgan fingerprint density at radius 1 is 1.29 bits per heavy atom. The fraction of sp³-hybridized carbons (Fsp3) is 0.412. The van der Waals surface area contributed by atoms with Gasteiger partial charge in [-0.2, -0.15) is 0 Å². The molecule has 3 rings (SSSR count). The number of aromatic nitrogens is 3. The Bertz CT molecular complexity index is 742. The van der Waals surface area contributed by atoms with Gasteiger partial charge in [0.2, 0.25) is 0 Å². The number of fused-ring (bicyclic) bond motifs is 1. The number of amides is 1. The lowest BCUT2D eigenvalue weighted by atomic mass is 9.97. The van der Waals surface area contributed by atoms with Gasteiger partial charge in [-0.1, -0.05) is 0 Å². The lowest BCUT2D eigenvalue weighted by Gasteiger charge is -2.32. The van der Waals surface area contributed by atoms with Gasteiger partial charge in [-0.15, -0.1) is 0 Å². The van der Waals surface area contributed by atoms with E-state index in [9.17, 15) is 9.59 Å². The molecule has 3 heterocycles. The highest BCUT2D eigenvalue weighted by Crippen LogP contribution is 2.29. The molecule has 0 unspecified atom stereocenters. The van der Waals surface area contributed by atoms with Crippen molar-refractivity contribution < 1.29 is 14.3 Å². The molecule has 0 saturated heterocycles. The summed E-state index contributed by atoms with van der Waals surface area (Å²) in [6.07, 6.45) is 4.88. The van der Waals surface area contributed by atoms with Crippen molar-refractivity contribution in [1.29, 1.82) is 0 Å². The summed E-state index contributed by atoms with van der Waals surface area (Å²) in [5.74, 6) is -0.966. The smallest absolute Gasteiger partial charge is 0.316 e. The van der Waals surface area contributed by atoms with Gasteiger partial charge in [0.25, 0.3) is 5.91 Å². The maximum absolute atomic E-state index is 12.7. The maximum atomic E-state index is 12.7. The van der Waals surface area contributed by atoms with Crippen molar-refractivity contribution in [2.75, 3.05) is 13.2 Å². The number of pyridine rings is 1. The van der Waals surface area contributed by atoms with Gasteiger partial charge in [0.05, 0.1) is 30.9 Å². The molecule has 0 spiro atoms. The van der Waals surface area contributed by atoms with Crippen molar-refractivity contribution in [3.63, 3.8) is 0 Å². The zero-order valence-corrected chi connectivity index (χ0v) is 13.8. The second kappa shape index (κ2) is 6.82. The number of hydrogen-bond donors (Lipinski definition) is 0. The molecule has 24 heavy (non-hydrogen) atoms. The van der Waals surface area contributed by atoms with Gasteiger partial charge in [-0.3, -0.25) is 14.6 Å². The third-order valence-corrected chi connectivity index (χ3v) is 4.16. The highest BCUT2D eigenvalue weighted by Gasteiger charge is 2.37. The zero-order valence-electron chi connectivity index (χ0n) is 13.8. The monoisotopic (exact) mass is 328 g/mol. The number of hydrogen-bond acceptors (Lipinski definition) is 5.